The van der Waals surface area contributed by atoms with Gasteiger partial charge in [0.2, 0.25) is 17.7 Å². The molecule has 8 N–H and O–H groups in total. The van der Waals surface area contributed by atoms with Crippen molar-refractivity contribution in [3.05, 3.63) is 72.5 Å². The number of carbonyl (C=O) groups is 4. The number of para-hydroxylation sites is 1. The molecule has 0 spiro atoms. The number of aromatic nitrogens is 5. The van der Waals surface area contributed by atoms with Crippen LogP contribution in [0.25, 0.3) is 10.9 Å². The first kappa shape index (κ1) is 28.5. The number of amides is 3. The highest BCUT2D eigenvalue weighted by Gasteiger charge is 2.38. The van der Waals surface area contributed by atoms with Crippen LogP contribution in [-0.2, 0) is 38.4 Å². The Kier molecular flexibility index (Phi) is 8.62. The lowest BCUT2D eigenvalue weighted by molar-refractivity contribution is -0.149. The molecule has 0 bridgehead atoms. The number of aliphatic carboxylic acids is 1. The summed E-state index contributed by atoms with van der Waals surface area (Å²) >= 11 is 0. The first-order valence-corrected chi connectivity index (χ1v) is 13.7. The van der Waals surface area contributed by atoms with Crippen molar-refractivity contribution in [3.63, 3.8) is 0 Å². The van der Waals surface area contributed by atoms with E-state index in [-0.39, 0.29) is 25.8 Å². The van der Waals surface area contributed by atoms with E-state index in [1.165, 1.54) is 29.9 Å². The summed E-state index contributed by atoms with van der Waals surface area (Å²) in [5.74, 6) is -2.78. The van der Waals surface area contributed by atoms with Crippen molar-refractivity contribution in [2.75, 3.05) is 6.54 Å². The van der Waals surface area contributed by atoms with Crippen LogP contribution < -0.4 is 16.4 Å². The van der Waals surface area contributed by atoms with Gasteiger partial charge in [-0.2, -0.15) is 0 Å². The van der Waals surface area contributed by atoms with Crippen LogP contribution in [0.15, 0.2) is 55.5 Å². The van der Waals surface area contributed by atoms with Gasteiger partial charge < -0.3 is 41.3 Å². The number of aromatic amines is 3. The summed E-state index contributed by atoms with van der Waals surface area (Å²) in [6.07, 6.45) is 9.00. The standard InChI is InChI=1S/C28H33N9O5/c29-20(8-16-11-32-21-5-2-1-4-19(16)21)25(38)35-22(9-17-12-30-14-33-17)26(39)36-23(10-18-13-31-15-34-18)27(40)37-7-3-6-24(37)28(41)42/h1-2,4-5,11-15,20,22-24,32H,3,6-10,29H2,(H,30,33)(H,31,34)(H,35,38)(H,36,39)(H,41,42). The second-order valence-corrected chi connectivity index (χ2v) is 10.4. The number of nitrogens with zero attached hydrogens (tertiary/aromatic N) is 3. The number of carboxylic acids is 1. The van der Waals surface area contributed by atoms with Gasteiger partial charge in [0.15, 0.2) is 0 Å². The SMILES string of the molecule is NC(Cc1c[nH]c2ccccc12)C(=O)NC(Cc1cnc[nH]1)C(=O)NC(Cc1cnc[nH]1)C(=O)N1CCCC1C(=O)O. The number of nitrogens with two attached hydrogens (primary N) is 1. The Hall–Kier alpha value is -4.98. The van der Waals surface area contributed by atoms with Gasteiger partial charge in [0.1, 0.15) is 18.1 Å². The minimum atomic E-state index is -1.10. The molecule has 1 fully saturated rings. The first-order valence-electron chi connectivity index (χ1n) is 13.7. The van der Waals surface area contributed by atoms with Gasteiger partial charge in [-0.25, -0.2) is 14.8 Å². The Balaban J connectivity index is 1.33. The van der Waals surface area contributed by atoms with Crippen molar-refractivity contribution in [1.82, 2.24) is 40.5 Å². The zero-order chi connectivity index (χ0) is 29.6. The van der Waals surface area contributed by atoms with Gasteiger partial charge >= 0.3 is 5.97 Å². The molecule has 4 atom stereocenters. The van der Waals surface area contributed by atoms with Gasteiger partial charge in [-0.3, -0.25) is 14.4 Å². The Morgan fingerprint density at radius 2 is 1.62 bits per heavy atom. The van der Waals surface area contributed by atoms with Crippen LogP contribution in [-0.4, -0.2) is 89.3 Å². The Morgan fingerprint density at radius 3 is 2.29 bits per heavy atom. The van der Waals surface area contributed by atoms with Gasteiger partial charge in [-0.05, 0) is 30.9 Å². The molecule has 1 aromatic carbocycles. The maximum absolute atomic E-state index is 13.7. The third-order valence-corrected chi connectivity index (χ3v) is 7.48. The molecular weight excluding hydrogens is 542 g/mol. The van der Waals surface area contributed by atoms with E-state index in [2.05, 4.69) is 35.6 Å². The number of fused-ring (bicyclic) bond motifs is 1. The smallest absolute Gasteiger partial charge is 0.326 e. The van der Waals surface area contributed by atoms with E-state index >= 15 is 0 Å². The highest BCUT2D eigenvalue weighted by atomic mass is 16.4. The fraction of sp³-hybridized carbons (Fsp3) is 0.357. The molecule has 4 aromatic rings. The van der Waals surface area contributed by atoms with Crippen LogP contribution in [0.2, 0.25) is 0 Å². The lowest BCUT2D eigenvalue weighted by Gasteiger charge is -2.28. The predicted octanol–water partition coefficient (Wildman–Crippen LogP) is 0.0145. The number of benzene rings is 1. The van der Waals surface area contributed by atoms with Crippen molar-refractivity contribution in [2.45, 2.75) is 56.3 Å². The molecule has 42 heavy (non-hydrogen) atoms. The normalized spacial score (nSPS) is 17.1. The number of nitrogens with one attached hydrogen (secondary N) is 5. The molecule has 3 aromatic heterocycles. The molecule has 1 saturated heterocycles. The molecule has 220 valence electrons. The van der Waals surface area contributed by atoms with Crippen molar-refractivity contribution < 1.29 is 24.3 Å². The summed E-state index contributed by atoms with van der Waals surface area (Å²) in [6.45, 7) is 0.266. The van der Waals surface area contributed by atoms with Gasteiger partial charge in [-0.1, -0.05) is 18.2 Å². The van der Waals surface area contributed by atoms with Crippen molar-refractivity contribution in [3.8, 4) is 0 Å². The van der Waals surface area contributed by atoms with E-state index in [1.54, 1.807) is 6.20 Å². The van der Waals surface area contributed by atoms with Crippen molar-refractivity contribution in [1.29, 1.82) is 0 Å². The number of likely N-dealkylation sites (tertiary alicyclic amines) is 1. The van der Waals surface area contributed by atoms with Crippen molar-refractivity contribution >= 4 is 34.6 Å². The second-order valence-electron chi connectivity index (χ2n) is 10.4. The van der Waals surface area contributed by atoms with Crippen LogP contribution in [0, 0.1) is 0 Å². The Bertz CT molecular complexity index is 1530. The van der Waals surface area contributed by atoms with Crippen LogP contribution >= 0.6 is 0 Å². The van der Waals surface area contributed by atoms with E-state index in [0.717, 1.165) is 16.5 Å². The van der Waals surface area contributed by atoms with E-state index in [1.807, 2.05) is 24.3 Å². The number of H-pyrrole nitrogens is 3. The lowest BCUT2D eigenvalue weighted by Crippen LogP contribution is -2.58. The highest BCUT2D eigenvalue weighted by molar-refractivity contribution is 5.95. The predicted molar refractivity (Wildman–Crippen MR) is 151 cm³/mol. The van der Waals surface area contributed by atoms with Gasteiger partial charge in [0.25, 0.3) is 0 Å². The summed E-state index contributed by atoms with van der Waals surface area (Å²) in [5, 5.41) is 16.1. The summed E-state index contributed by atoms with van der Waals surface area (Å²) in [5.41, 5.74) is 9.24. The highest BCUT2D eigenvalue weighted by Crippen LogP contribution is 2.20. The van der Waals surface area contributed by atoms with Crippen LogP contribution in [0.1, 0.15) is 29.8 Å². The monoisotopic (exact) mass is 575 g/mol. The maximum Gasteiger partial charge on any atom is 0.326 e. The van der Waals surface area contributed by atoms with Crippen molar-refractivity contribution in [2.24, 2.45) is 5.73 Å². The van der Waals surface area contributed by atoms with Gasteiger partial charge in [-0.15, -0.1) is 0 Å². The molecule has 4 heterocycles. The third-order valence-electron chi connectivity index (χ3n) is 7.48. The summed E-state index contributed by atoms with van der Waals surface area (Å²) in [7, 11) is 0. The van der Waals surface area contributed by atoms with Gasteiger partial charge in [0.05, 0.1) is 18.7 Å². The number of hydrogen-bond acceptors (Lipinski definition) is 7. The van der Waals surface area contributed by atoms with E-state index < -0.39 is 47.9 Å². The third kappa shape index (κ3) is 6.49. The molecule has 4 unspecified atom stereocenters. The zero-order valence-corrected chi connectivity index (χ0v) is 22.7. The average molecular weight is 576 g/mol. The number of hydrogen-bond donors (Lipinski definition) is 7. The molecule has 0 saturated carbocycles. The maximum atomic E-state index is 13.7. The first-order chi connectivity index (χ1) is 20.3. The number of carboxylic acid groups (broad SMARTS) is 1. The number of imidazole rings is 2. The Labute approximate surface area is 240 Å². The second kappa shape index (κ2) is 12.7. The molecule has 0 aliphatic carbocycles. The lowest BCUT2D eigenvalue weighted by atomic mass is 10.0. The minimum absolute atomic E-state index is 0.0538. The number of carbonyl (C=O) groups excluding carboxylic acids is 3. The zero-order valence-electron chi connectivity index (χ0n) is 22.7. The fourth-order valence-electron chi connectivity index (χ4n) is 5.31. The topological polar surface area (TPSA) is 215 Å². The van der Waals surface area contributed by atoms with Crippen LogP contribution in [0.5, 0.6) is 0 Å². The van der Waals surface area contributed by atoms with Crippen LogP contribution in [0.4, 0.5) is 0 Å². The molecule has 14 nitrogen and oxygen atoms in total. The molecule has 14 heteroatoms. The quantitative estimate of drug-likeness (QED) is 0.122. The summed E-state index contributed by atoms with van der Waals surface area (Å²) < 4.78 is 0. The molecular formula is C28H33N9O5. The molecule has 5 rings (SSSR count). The Morgan fingerprint density at radius 1 is 0.952 bits per heavy atom. The average Bonchev–Trinajstić information content (AvgIpc) is 3.80. The number of rotatable bonds is 12. The van der Waals surface area contributed by atoms with E-state index in [9.17, 15) is 24.3 Å². The van der Waals surface area contributed by atoms with E-state index in [4.69, 9.17) is 5.73 Å². The minimum Gasteiger partial charge on any atom is -0.480 e. The van der Waals surface area contributed by atoms with Gasteiger partial charge in [0, 0.05) is 60.3 Å². The van der Waals surface area contributed by atoms with Crippen LogP contribution in [0.3, 0.4) is 0 Å². The van der Waals surface area contributed by atoms with E-state index in [0.29, 0.717) is 24.2 Å². The fourth-order valence-corrected chi connectivity index (χ4v) is 5.31. The summed E-state index contributed by atoms with van der Waals surface area (Å²) in [4.78, 5) is 70.5. The largest absolute Gasteiger partial charge is 0.480 e. The summed E-state index contributed by atoms with van der Waals surface area (Å²) in [6, 6.07) is 3.55. The molecule has 1 aliphatic rings. The molecule has 0 radical (unpaired) electrons. The molecule has 3 amide bonds. The molecule has 1 aliphatic heterocycles.